The Morgan fingerprint density at radius 1 is 1.60 bits per heavy atom. The smallest absolute Gasteiger partial charge is 0.337 e. The maximum absolute atomic E-state index is 11.2. The van der Waals surface area contributed by atoms with Crippen LogP contribution in [0.2, 0.25) is 0 Å². The van der Waals surface area contributed by atoms with Gasteiger partial charge in [0, 0.05) is 18.3 Å². The van der Waals surface area contributed by atoms with E-state index in [1.54, 1.807) is 18.2 Å². The first kappa shape index (κ1) is 11.5. The number of methoxy groups -OCH3 is 1. The van der Waals surface area contributed by atoms with Crippen LogP contribution in [0.25, 0.3) is 0 Å². The van der Waals surface area contributed by atoms with E-state index in [0.717, 1.165) is 5.69 Å². The van der Waals surface area contributed by atoms with Crippen molar-refractivity contribution in [1.29, 1.82) is 0 Å². The van der Waals surface area contributed by atoms with Crippen LogP contribution >= 0.6 is 0 Å². The number of benzene rings is 1. The molecule has 0 unspecified atom stereocenters. The number of carbonyl (C=O) groups excluding carboxylic acids is 1. The molecule has 1 atom stereocenters. The van der Waals surface area contributed by atoms with Gasteiger partial charge in [0.15, 0.2) is 0 Å². The highest BCUT2D eigenvalue weighted by Crippen LogP contribution is 2.12. The predicted octanol–water partition coefficient (Wildman–Crippen LogP) is 1.23. The number of hydrogen-bond acceptors (Lipinski definition) is 4. The van der Waals surface area contributed by atoms with Crippen LogP contribution in [0.4, 0.5) is 5.69 Å². The molecule has 15 heavy (non-hydrogen) atoms. The second-order valence-corrected chi connectivity index (χ2v) is 3.35. The minimum atomic E-state index is -0.334. The Bertz CT molecular complexity index is 339. The van der Waals surface area contributed by atoms with Gasteiger partial charge in [-0.05, 0) is 25.1 Å². The third-order valence-corrected chi connectivity index (χ3v) is 2.05. The van der Waals surface area contributed by atoms with Crippen molar-refractivity contribution in [1.82, 2.24) is 0 Å². The number of carbonyl (C=O) groups is 1. The summed E-state index contributed by atoms with van der Waals surface area (Å²) in [7, 11) is 1.37. The molecule has 0 aliphatic carbocycles. The van der Waals surface area contributed by atoms with Crippen molar-refractivity contribution >= 4 is 11.7 Å². The van der Waals surface area contributed by atoms with Crippen molar-refractivity contribution in [3.05, 3.63) is 29.8 Å². The first-order valence-corrected chi connectivity index (χ1v) is 4.82. The van der Waals surface area contributed by atoms with Gasteiger partial charge in [-0.15, -0.1) is 0 Å². The lowest BCUT2D eigenvalue weighted by molar-refractivity contribution is 0.0601. The van der Waals surface area contributed by atoms with Gasteiger partial charge in [-0.3, -0.25) is 0 Å². The molecular weight excluding hydrogens is 192 g/mol. The van der Waals surface area contributed by atoms with Crippen molar-refractivity contribution in [2.24, 2.45) is 5.73 Å². The maximum Gasteiger partial charge on any atom is 0.337 e. The molecule has 0 amide bonds. The number of rotatable bonds is 4. The van der Waals surface area contributed by atoms with Crippen LogP contribution in [0.3, 0.4) is 0 Å². The van der Waals surface area contributed by atoms with Gasteiger partial charge in [0.05, 0.1) is 12.7 Å². The Kier molecular flexibility index (Phi) is 4.12. The molecule has 0 aliphatic rings. The van der Waals surface area contributed by atoms with Crippen molar-refractivity contribution < 1.29 is 9.53 Å². The van der Waals surface area contributed by atoms with Crippen LogP contribution in [0.5, 0.6) is 0 Å². The second kappa shape index (κ2) is 5.36. The van der Waals surface area contributed by atoms with Crippen molar-refractivity contribution in [2.45, 2.75) is 13.0 Å². The Balaban J connectivity index is 2.78. The second-order valence-electron chi connectivity index (χ2n) is 3.35. The lowest BCUT2D eigenvalue weighted by atomic mass is 10.2. The molecule has 0 aromatic heterocycles. The van der Waals surface area contributed by atoms with E-state index in [1.807, 2.05) is 13.0 Å². The van der Waals surface area contributed by atoms with Crippen molar-refractivity contribution in [3.8, 4) is 0 Å². The molecule has 1 aromatic rings. The number of nitrogens with two attached hydrogens (primary N) is 1. The molecule has 4 nitrogen and oxygen atoms in total. The zero-order valence-corrected chi connectivity index (χ0v) is 8.99. The summed E-state index contributed by atoms with van der Waals surface area (Å²) in [4.78, 5) is 11.2. The van der Waals surface area contributed by atoms with Gasteiger partial charge in [-0.1, -0.05) is 6.07 Å². The van der Waals surface area contributed by atoms with E-state index in [9.17, 15) is 4.79 Å². The standard InChI is InChI=1S/C11H16N2O2/c1-8(7-12)13-10-5-3-4-9(6-10)11(14)15-2/h3-6,8,13H,7,12H2,1-2H3/t8-/m0/s1. The molecule has 0 saturated heterocycles. The third kappa shape index (κ3) is 3.25. The molecule has 0 aliphatic heterocycles. The summed E-state index contributed by atoms with van der Waals surface area (Å²) in [6.07, 6.45) is 0. The number of nitrogens with one attached hydrogen (secondary N) is 1. The Hall–Kier alpha value is -1.55. The molecule has 0 heterocycles. The molecule has 0 spiro atoms. The summed E-state index contributed by atoms with van der Waals surface area (Å²) in [5.41, 5.74) is 6.89. The zero-order chi connectivity index (χ0) is 11.3. The summed E-state index contributed by atoms with van der Waals surface area (Å²) in [5, 5.41) is 3.18. The molecule has 0 bridgehead atoms. The van der Waals surface area contributed by atoms with Crippen LogP contribution < -0.4 is 11.1 Å². The average Bonchev–Trinajstić information content (AvgIpc) is 2.28. The summed E-state index contributed by atoms with van der Waals surface area (Å²) < 4.78 is 4.63. The Morgan fingerprint density at radius 2 is 2.33 bits per heavy atom. The fourth-order valence-corrected chi connectivity index (χ4v) is 1.20. The molecule has 1 aromatic carbocycles. The quantitative estimate of drug-likeness (QED) is 0.730. The normalized spacial score (nSPS) is 11.9. The van der Waals surface area contributed by atoms with Crippen LogP contribution in [-0.4, -0.2) is 25.7 Å². The van der Waals surface area contributed by atoms with Gasteiger partial charge < -0.3 is 15.8 Å². The van der Waals surface area contributed by atoms with Crippen LogP contribution in [-0.2, 0) is 4.74 Å². The monoisotopic (exact) mass is 208 g/mol. The van der Waals surface area contributed by atoms with E-state index in [0.29, 0.717) is 12.1 Å². The Morgan fingerprint density at radius 3 is 2.93 bits per heavy atom. The molecule has 82 valence electrons. The molecule has 0 radical (unpaired) electrons. The lowest BCUT2D eigenvalue weighted by Crippen LogP contribution is -2.25. The number of hydrogen-bond donors (Lipinski definition) is 2. The molecule has 4 heteroatoms. The highest BCUT2D eigenvalue weighted by atomic mass is 16.5. The van der Waals surface area contributed by atoms with E-state index in [2.05, 4.69) is 10.1 Å². The molecule has 1 rings (SSSR count). The molecule has 0 fully saturated rings. The van der Waals surface area contributed by atoms with Crippen molar-refractivity contribution in [2.75, 3.05) is 19.0 Å². The van der Waals surface area contributed by atoms with Crippen LogP contribution in [0.1, 0.15) is 17.3 Å². The van der Waals surface area contributed by atoms with E-state index in [1.165, 1.54) is 7.11 Å². The van der Waals surface area contributed by atoms with E-state index < -0.39 is 0 Å². The van der Waals surface area contributed by atoms with Gasteiger partial charge >= 0.3 is 5.97 Å². The van der Waals surface area contributed by atoms with Gasteiger partial charge in [-0.2, -0.15) is 0 Å². The van der Waals surface area contributed by atoms with E-state index >= 15 is 0 Å². The topological polar surface area (TPSA) is 64.3 Å². The van der Waals surface area contributed by atoms with E-state index in [-0.39, 0.29) is 12.0 Å². The highest BCUT2D eigenvalue weighted by molar-refractivity contribution is 5.90. The first-order valence-electron chi connectivity index (χ1n) is 4.82. The summed E-state index contributed by atoms with van der Waals surface area (Å²) in [6.45, 7) is 2.52. The van der Waals surface area contributed by atoms with Crippen LogP contribution in [0.15, 0.2) is 24.3 Å². The summed E-state index contributed by atoms with van der Waals surface area (Å²) in [6, 6.07) is 7.33. The van der Waals surface area contributed by atoms with Crippen LogP contribution in [0, 0.1) is 0 Å². The fourth-order valence-electron chi connectivity index (χ4n) is 1.20. The zero-order valence-electron chi connectivity index (χ0n) is 8.99. The largest absolute Gasteiger partial charge is 0.465 e. The minimum absolute atomic E-state index is 0.179. The average molecular weight is 208 g/mol. The van der Waals surface area contributed by atoms with Gasteiger partial charge in [0.2, 0.25) is 0 Å². The van der Waals surface area contributed by atoms with Gasteiger partial charge in [-0.25, -0.2) is 4.79 Å². The Labute approximate surface area is 89.4 Å². The maximum atomic E-state index is 11.2. The number of ether oxygens (including phenoxy) is 1. The number of esters is 1. The molecule has 0 saturated carbocycles. The third-order valence-electron chi connectivity index (χ3n) is 2.05. The van der Waals surface area contributed by atoms with E-state index in [4.69, 9.17) is 5.73 Å². The minimum Gasteiger partial charge on any atom is -0.465 e. The predicted molar refractivity (Wildman–Crippen MR) is 59.9 cm³/mol. The van der Waals surface area contributed by atoms with Crippen molar-refractivity contribution in [3.63, 3.8) is 0 Å². The molecular formula is C11H16N2O2. The number of anilines is 1. The summed E-state index contributed by atoms with van der Waals surface area (Å²) in [5.74, 6) is -0.334. The lowest BCUT2D eigenvalue weighted by Gasteiger charge is -2.13. The SMILES string of the molecule is COC(=O)c1cccc(N[C@@H](C)CN)c1. The summed E-state index contributed by atoms with van der Waals surface area (Å²) >= 11 is 0. The highest BCUT2D eigenvalue weighted by Gasteiger charge is 2.06. The van der Waals surface area contributed by atoms with Gasteiger partial charge in [0.25, 0.3) is 0 Å². The van der Waals surface area contributed by atoms with Gasteiger partial charge in [0.1, 0.15) is 0 Å². The fraction of sp³-hybridized carbons (Fsp3) is 0.364. The molecule has 3 N–H and O–H groups in total. The first-order chi connectivity index (χ1) is 7.17.